The van der Waals surface area contributed by atoms with Gasteiger partial charge >= 0.3 is 0 Å². The Balaban J connectivity index is 2.28. The van der Waals surface area contributed by atoms with Crippen LogP contribution >= 0.6 is 0 Å². The lowest BCUT2D eigenvalue weighted by atomic mass is 10.2. The van der Waals surface area contributed by atoms with E-state index < -0.39 is 4.92 Å². The van der Waals surface area contributed by atoms with E-state index in [0.717, 1.165) is 0 Å². The summed E-state index contributed by atoms with van der Waals surface area (Å²) in [7, 11) is 0. The number of amides is 1. The largest absolute Gasteiger partial charge is 0.295 e. The van der Waals surface area contributed by atoms with Crippen LogP contribution in [0.15, 0.2) is 29.3 Å². The van der Waals surface area contributed by atoms with E-state index in [1.807, 2.05) is 0 Å². The van der Waals surface area contributed by atoms with Crippen LogP contribution in [0.2, 0.25) is 0 Å². The van der Waals surface area contributed by atoms with E-state index >= 15 is 0 Å². The van der Waals surface area contributed by atoms with Gasteiger partial charge in [0.25, 0.3) is 11.6 Å². The molecule has 0 N–H and O–H groups in total. The van der Waals surface area contributed by atoms with Crippen molar-refractivity contribution in [3.8, 4) is 0 Å². The van der Waals surface area contributed by atoms with Gasteiger partial charge in [0, 0.05) is 24.2 Å². The second kappa shape index (κ2) is 4.32. The number of hydrogen-bond donors (Lipinski definition) is 0. The van der Waals surface area contributed by atoms with Gasteiger partial charge in [-0.25, -0.2) is 0 Å². The van der Waals surface area contributed by atoms with E-state index in [9.17, 15) is 14.9 Å². The monoisotopic (exact) mass is 233 g/mol. The molecule has 1 aromatic carbocycles. The Hall–Kier alpha value is -2.24. The molecule has 0 aliphatic carbocycles. The summed E-state index contributed by atoms with van der Waals surface area (Å²) < 4.78 is 0. The minimum absolute atomic E-state index is 0.0790. The zero-order valence-electron chi connectivity index (χ0n) is 9.29. The van der Waals surface area contributed by atoms with Gasteiger partial charge in [-0.1, -0.05) is 6.07 Å². The van der Waals surface area contributed by atoms with Gasteiger partial charge in [0.15, 0.2) is 0 Å². The van der Waals surface area contributed by atoms with Crippen LogP contribution in [0, 0.1) is 10.1 Å². The van der Waals surface area contributed by atoms with Crippen molar-refractivity contribution in [3.05, 3.63) is 39.9 Å². The number of amidine groups is 1. The van der Waals surface area contributed by atoms with Gasteiger partial charge < -0.3 is 0 Å². The van der Waals surface area contributed by atoms with Crippen molar-refractivity contribution < 1.29 is 9.72 Å². The molecule has 17 heavy (non-hydrogen) atoms. The number of non-ortho nitro benzene ring substituents is 1. The first kappa shape index (κ1) is 11.3. The summed E-state index contributed by atoms with van der Waals surface area (Å²) in [5, 5.41) is 10.6. The van der Waals surface area contributed by atoms with E-state index in [2.05, 4.69) is 4.99 Å². The third-order valence-electron chi connectivity index (χ3n) is 2.60. The molecule has 0 bridgehead atoms. The summed E-state index contributed by atoms with van der Waals surface area (Å²) >= 11 is 0. The molecule has 0 fully saturated rings. The fourth-order valence-corrected chi connectivity index (χ4v) is 1.72. The molecular formula is C11H11N3O3. The number of rotatable bonds is 2. The number of carbonyl (C=O) groups excluding carboxylic acids is 1. The second-order valence-corrected chi connectivity index (χ2v) is 3.69. The Labute approximate surface area is 97.7 Å². The molecule has 1 amide bonds. The lowest BCUT2D eigenvalue weighted by Gasteiger charge is -2.15. The number of nitro benzene ring substituents is 1. The van der Waals surface area contributed by atoms with Gasteiger partial charge in [0.2, 0.25) is 0 Å². The van der Waals surface area contributed by atoms with E-state index in [0.29, 0.717) is 24.5 Å². The first-order valence-electron chi connectivity index (χ1n) is 5.17. The fraction of sp³-hybridized carbons (Fsp3) is 0.273. The normalized spacial score (nSPS) is 14.6. The van der Waals surface area contributed by atoms with Crippen LogP contribution in [0.5, 0.6) is 0 Å². The standard InChI is InChI=1S/C11H11N3O3/c1-8-12-5-6-13(8)11(15)9-3-2-4-10(7-9)14(16)17/h2-4,7H,5-6H2,1H3. The highest BCUT2D eigenvalue weighted by Crippen LogP contribution is 2.16. The summed E-state index contributed by atoms with van der Waals surface area (Å²) in [6, 6.07) is 5.73. The molecule has 0 unspecified atom stereocenters. The molecule has 2 rings (SSSR count). The van der Waals surface area contributed by atoms with Crippen LogP contribution in [-0.2, 0) is 0 Å². The summed E-state index contributed by atoms with van der Waals surface area (Å²) in [5.74, 6) is 0.411. The quantitative estimate of drug-likeness (QED) is 0.573. The molecule has 88 valence electrons. The maximum atomic E-state index is 12.1. The van der Waals surface area contributed by atoms with Crippen LogP contribution in [0.1, 0.15) is 17.3 Å². The molecule has 0 saturated heterocycles. The molecule has 1 aromatic rings. The minimum atomic E-state index is -0.512. The van der Waals surface area contributed by atoms with Crippen LogP contribution < -0.4 is 0 Å². The average Bonchev–Trinajstić information content (AvgIpc) is 2.74. The number of hydrogen-bond acceptors (Lipinski definition) is 4. The fourth-order valence-electron chi connectivity index (χ4n) is 1.72. The SMILES string of the molecule is CC1=NCCN1C(=O)c1cccc([N+](=O)[O-])c1. The average molecular weight is 233 g/mol. The highest BCUT2D eigenvalue weighted by Gasteiger charge is 2.22. The third-order valence-corrected chi connectivity index (χ3v) is 2.60. The van der Waals surface area contributed by atoms with E-state index in [1.54, 1.807) is 13.0 Å². The van der Waals surface area contributed by atoms with Crippen molar-refractivity contribution >= 4 is 17.4 Å². The topological polar surface area (TPSA) is 75.8 Å². The zero-order chi connectivity index (χ0) is 12.4. The lowest BCUT2D eigenvalue weighted by molar-refractivity contribution is -0.384. The number of benzene rings is 1. The smallest absolute Gasteiger partial charge is 0.270 e. The van der Waals surface area contributed by atoms with Crippen molar-refractivity contribution in [1.29, 1.82) is 0 Å². The number of nitro groups is 1. The zero-order valence-corrected chi connectivity index (χ0v) is 9.29. The third kappa shape index (κ3) is 2.15. The Morgan fingerprint density at radius 1 is 1.53 bits per heavy atom. The van der Waals surface area contributed by atoms with E-state index in [-0.39, 0.29) is 11.6 Å². The Kier molecular flexibility index (Phi) is 2.86. The summed E-state index contributed by atoms with van der Waals surface area (Å²) in [5.41, 5.74) is 0.236. The van der Waals surface area contributed by atoms with Crippen molar-refractivity contribution in [1.82, 2.24) is 4.90 Å². The van der Waals surface area contributed by atoms with Crippen LogP contribution in [0.4, 0.5) is 5.69 Å². The van der Waals surface area contributed by atoms with E-state index in [4.69, 9.17) is 0 Å². The number of nitrogens with zero attached hydrogens (tertiary/aromatic N) is 3. The molecule has 1 aliphatic rings. The molecule has 6 heteroatoms. The molecule has 0 spiro atoms. The Bertz CT molecular complexity index is 510. The van der Waals surface area contributed by atoms with E-state index in [1.165, 1.54) is 23.1 Å². The van der Waals surface area contributed by atoms with Crippen molar-refractivity contribution in [3.63, 3.8) is 0 Å². The summed E-state index contributed by atoms with van der Waals surface area (Å²) in [6.45, 7) is 2.88. The predicted octanol–water partition coefficient (Wildman–Crippen LogP) is 1.47. The van der Waals surface area contributed by atoms with Gasteiger partial charge in [0.1, 0.15) is 5.84 Å². The molecule has 0 saturated carbocycles. The maximum absolute atomic E-state index is 12.1. The second-order valence-electron chi connectivity index (χ2n) is 3.69. The van der Waals surface area contributed by atoms with Crippen LogP contribution in [0.25, 0.3) is 0 Å². The maximum Gasteiger partial charge on any atom is 0.270 e. The van der Waals surface area contributed by atoms with Crippen molar-refractivity contribution in [2.24, 2.45) is 4.99 Å². The summed E-state index contributed by atoms with van der Waals surface area (Å²) in [4.78, 5) is 27.8. The number of aliphatic imine (C=N–C) groups is 1. The highest BCUT2D eigenvalue weighted by molar-refractivity contribution is 6.06. The van der Waals surface area contributed by atoms with Gasteiger partial charge in [0.05, 0.1) is 11.5 Å². The minimum Gasteiger partial charge on any atom is -0.295 e. The molecule has 6 nitrogen and oxygen atoms in total. The molecule has 1 aliphatic heterocycles. The van der Waals surface area contributed by atoms with Gasteiger partial charge in [-0.3, -0.25) is 24.8 Å². The number of carbonyl (C=O) groups is 1. The van der Waals surface area contributed by atoms with Gasteiger partial charge in [-0.15, -0.1) is 0 Å². The summed E-state index contributed by atoms with van der Waals surface area (Å²) in [6.07, 6.45) is 0. The van der Waals surface area contributed by atoms with Gasteiger partial charge in [-0.05, 0) is 13.0 Å². The van der Waals surface area contributed by atoms with Crippen molar-refractivity contribution in [2.45, 2.75) is 6.92 Å². The molecule has 0 atom stereocenters. The van der Waals surface area contributed by atoms with Crippen LogP contribution in [0.3, 0.4) is 0 Å². The van der Waals surface area contributed by atoms with Crippen LogP contribution in [-0.4, -0.2) is 34.7 Å². The van der Waals surface area contributed by atoms with Crippen molar-refractivity contribution in [2.75, 3.05) is 13.1 Å². The molecule has 0 radical (unpaired) electrons. The Morgan fingerprint density at radius 3 is 2.88 bits per heavy atom. The first-order valence-corrected chi connectivity index (χ1v) is 5.17. The predicted molar refractivity (Wildman–Crippen MR) is 62.1 cm³/mol. The molecule has 1 heterocycles. The highest BCUT2D eigenvalue weighted by atomic mass is 16.6. The first-order chi connectivity index (χ1) is 8.09. The molecular weight excluding hydrogens is 222 g/mol. The Morgan fingerprint density at radius 2 is 2.29 bits per heavy atom. The van der Waals surface area contributed by atoms with Gasteiger partial charge in [-0.2, -0.15) is 0 Å². The lowest BCUT2D eigenvalue weighted by Crippen LogP contribution is -2.32. The molecule has 0 aromatic heterocycles.